The molecular weight excluding hydrogens is 527 g/mol. The minimum Gasteiger partial charge on any atom is -0.379 e. The van der Waals surface area contributed by atoms with Crippen LogP contribution in [0, 0.1) is 0 Å². The highest BCUT2D eigenvalue weighted by Crippen LogP contribution is 2.24. The number of morpholine rings is 1. The predicted octanol–water partition coefficient (Wildman–Crippen LogP) is 2.65. The van der Waals surface area contributed by atoms with Crippen LogP contribution < -0.4 is 10.6 Å². The van der Waals surface area contributed by atoms with E-state index in [2.05, 4.69) is 83.5 Å². The number of rotatable bonds is 9. The summed E-state index contributed by atoms with van der Waals surface area (Å²) in [5, 5.41) is 6.97. The first-order chi connectivity index (χ1) is 15.5. The second-order valence-corrected chi connectivity index (χ2v) is 9.61. The second-order valence-electron chi connectivity index (χ2n) is 9.61. The highest BCUT2D eigenvalue weighted by Gasteiger charge is 2.28. The summed E-state index contributed by atoms with van der Waals surface area (Å²) in [6.07, 6.45) is 1.10. The van der Waals surface area contributed by atoms with E-state index in [1.807, 2.05) is 0 Å². The van der Waals surface area contributed by atoms with E-state index in [4.69, 9.17) is 9.73 Å². The molecule has 1 aromatic rings. The van der Waals surface area contributed by atoms with Crippen molar-refractivity contribution in [1.82, 2.24) is 25.3 Å². The van der Waals surface area contributed by atoms with Crippen molar-refractivity contribution >= 4 is 29.9 Å². The van der Waals surface area contributed by atoms with Gasteiger partial charge in [0.2, 0.25) is 0 Å². The third-order valence-electron chi connectivity index (χ3n) is 6.63. The molecule has 0 spiro atoms. The molecule has 0 amide bonds. The van der Waals surface area contributed by atoms with E-state index in [1.165, 1.54) is 5.56 Å². The molecule has 1 atom stereocenters. The van der Waals surface area contributed by atoms with Crippen molar-refractivity contribution in [2.45, 2.75) is 38.8 Å². The van der Waals surface area contributed by atoms with Crippen LogP contribution >= 0.6 is 24.0 Å². The quantitative estimate of drug-likeness (QED) is 0.206. The zero-order valence-corrected chi connectivity index (χ0v) is 23.4. The van der Waals surface area contributed by atoms with Gasteiger partial charge < -0.3 is 20.3 Å². The van der Waals surface area contributed by atoms with Crippen molar-refractivity contribution in [3.05, 3.63) is 35.9 Å². The Morgan fingerprint density at radius 1 is 1.09 bits per heavy atom. The number of benzene rings is 1. The van der Waals surface area contributed by atoms with Gasteiger partial charge in [-0.25, -0.2) is 0 Å². The lowest BCUT2D eigenvalue weighted by atomic mass is 10.0. The van der Waals surface area contributed by atoms with E-state index in [-0.39, 0.29) is 29.5 Å². The van der Waals surface area contributed by atoms with E-state index in [9.17, 15) is 0 Å². The maximum absolute atomic E-state index is 5.51. The SMILES string of the molecule is CCNC(=NCC(C)(C)N1CCOCC1)NCCCN1CCN(C)CC1c1ccccc1.I. The molecule has 0 aliphatic carbocycles. The lowest BCUT2D eigenvalue weighted by molar-refractivity contribution is -0.00683. The van der Waals surface area contributed by atoms with Crippen molar-refractivity contribution in [3.8, 4) is 0 Å². The Hall–Kier alpha value is -0.940. The van der Waals surface area contributed by atoms with Crippen LogP contribution in [0.2, 0.25) is 0 Å². The monoisotopic (exact) mass is 572 g/mol. The molecule has 0 saturated carbocycles. The number of nitrogens with one attached hydrogen (secondary N) is 2. The Labute approximate surface area is 218 Å². The van der Waals surface area contributed by atoms with Crippen LogP contribution in [-0.4, -0.2) is 105 Å². The number of hydrogen-bond donors (Lipinski definition) is 2. The highest BCUT2D eigenvalue weighted by molar-refractivity contribution is 14.0. The van der Waals surface area contributed by atoms with Gasteiger partial charge in [0.05, 0.1) is 19.8 Å². The molecule has 188 valence electrons. The molecule has 2 heterocycles. The first-order valence-electron chi connectivity index (χ1n) is 12.3. The molecule has 2 saturated heterocycles. The summed E-state index contributed by atoms with van der Waals surface area (Å²) in [6.45, 7) is 17.3. The number of aliphatic imine (C=N–C) groups is 1. The fraction of sp³-hybridized carbons (Fsp3) is 0.720. The third kappa shape index (κ3) is 8.98. The van der Waals surface area contributed by atoms with Gasteiger partial charge in [0.25, 0.3) is 0 Å². The van der Waals surface area contributed by atoms with Gasteiger partial charge in [0.1, 0.15) is 0 Å². The van der Waals surface area contributed by atoms with Crippen LogP contribution in [0.15, 0.2) is 35.3 Å². The average Bonchev–Trinajstić information content (AvgIpc) is 2.82. The Bertz CT molecular complexity index is 695. The molecule has 8 heteroatoms. The van der Waals surface area contributed by atoms with E-state index < -0.39 is 0 Å². The number of piperazine rings is 1. The first-order valence-corrected chi connectivity index (χ1v) is 12.3. The number of likely N-dealkylation sites (N-methyl/N-ethyl adjacent to an activating group) is 1. The molecular formula is C25H45IN6O. The fourth-order valence-electron chi connectivity index (χ4n) is 4.59. The highest BCUT2D eigenvalue weighted by atomic mass is 127. The Kier molecular flexibility index (Phi) is 12.4. The van der Waals surface area contributed by atoms with Gasteiger partial charge >= 0.3 is 0 Å². The van der Waals surface area contributed by atoms with Crippen LogP contribution in [0.1, 0.15) is 38.8 Å². The number of guanidine groups is 1. The molecule has 1 unspecified atom stereocenters. The van der Waals surface area contributed by atoms with Crippen LogP contribution in [-0.2, 0) is 4.74 Å². The molecule has 0 bridgehead atoms. The van der Waals surface area contributed by atoms with Gasteiger partial charge in [0.15, 0.2) is 5.96 Å². The van der Waals surface area contributed by atoms with E-state index in [1.54, 1.807) is 0 Å². The fourth-order valence-corrected chi connectivity index (χ4v) is 4.59. The standard InChI is InChI=1S/C25H44N6O.HI/c1-5-26-24(28-21-25(2,3)31-16-18-32-19-17-31)27-12-9-13-30-15-14-29(4)20-23(30)22-10-7-6-8-11-22;/h6-8,10-11,23H,5,9,12-21H2,1-4H3,(H2,26,27,28);1H. The molecule has 2 fully saturated rings. The van der Waals surface area contributed by atoms with Crippen molar-refractivity contribution in [2.75, 3.05) is 79.2 Å². The predicted molar refractivity (Wildman–Crippen MR) is 149 cm³/mol. The zero-order chi connectivity index (χ0) is 22.8. The minimum absolute atomic E-state index is 0. The van der Waals surface area contributed by atoms with Gasteiger partial charge in [-0.2, -0.15) is 0 Å². The minimum atomic E-state index is 0. The summed E-state index contributed by atoms with van der Waals surface area (Å²) in [5.41, 5.74) is 1.46. The van der Waals surface area contributed by atoms with E-state index in [0.29, 0.717) is 6.04 Å². The number of nitrogens with zero attached hydrogens (tertiary/aromatic N) is 4. The second kappa shape index (κ2) is 14.5. The number of hydrogen-bond acceptors (Lipinski definition) is 5. The Morgan fingerprint density at radius 2 is 1.82 bits per heavy atom. The topological polar surface area (TPSA) is 55.4 Å². The normalized spacial score (nSPS) is 21.5. The van der Waals surface area contributed by atoms with E-state index >= 15 is 0 Å². The maximum Gasteiger partial charge on any atom is 0.191 e. The molecule has 0 aromatic heterocycles. The lowest BCUT2D eigenvalue weighted by Gasteiger charge is -2.40. The maximum atomic E-state index is 5.51. The van der Waals surface area contributed by atoms with Gasteiger partial charge in [-0.3, -0.25) is 14.8 Å². The Morgan fingerprint density at radius 3 is 2.52 bits per heavy atom. The van der Waals surface area contributed by atoms with Gasteiger partial charge in [-0.15, -0.1) is 24.0 Å². The van der Waals surface area contributed by atoms with Crippen molar-refractivity contribution in [2.24, 2.45) is 4.99 Å². The summed E-state index contributed by atoms with van der Waals surface area (Å²) >= 11 is 0. The molecule has 3 rings (SSSR count). The summed E-state index contributed by atoms with van der Waals surface area (Å²) in [5.74, 6) is 0.923. The van der Waals surface area contributed by atoms with Crippen molar-refractivity contribution in [3.63, 3.8) is 0 Å². The number of halogens is 1. The summed E-state index contributed by atoms with van der Waals surface area (Å²) < 4.78 is 5.51. The van der Waals surface area contributed by atoms with Crippen molar-refractivity contribution in [1.29, 1.82) is 0 Å². The van der Waals surface area contributed by atoms with Gasteiger partial charge in [-0.1, -0.05) is 30.3 Å². The van der Waals surface area contributed by atoms with Crippen LogP contribution in [0.5, 0.6) is 0 Å². The largest absolute Gasteiger partial charge is 0.379 e. The molecule has 1 aromatic carbocycles. The van der Waals surface area contributed by atoms with Gasteiger partial charge in [-0.05, 0) is 39.8 Å². The molecule has 33 heavy (non-hydrogen) atoms. The van der Waals surface area contributed by atoms with Crippen LogP contribution in [0.4, 0.5) is 0 Å². The van der Waals surface area contributed by atoms with E-state index in [0.717, 1.165) is 84.5 Å². The van der Waals surface area contributed by atoms with Crippen LogP contribution in [0.3, 0.4) is 0 Å². The third-order valence-corrected chi connectivity index (χ3v) is 6.63. The smallest absolute Gasteiger partial charge is 0.191 e. The summed E-state index contributed by atoms with van der Waals surface area (Å²) in [6, 6.07) is 11.4. The zero-order valence-electron chi connectivity index (χ0n) is 21.1. The molecule has 2 aliphatic rings. The molecule has 7 nitrogen and oxygen atoms in total. The van der Waals surface area contributed by atoms with Crippen LogP contribution in [0.25, 0.3) is 0 Å². The molecule has 2 aliphatic heterocycles. The Balaban J connectivity index is 0.00000385. The average molecular weight is 573 g/mol. The molecule has 2 N–H and O–H groups in total. The first kappa shape index (κ1) is 28.3. The molecule has 0 radical (unpaired) electrons. The summed E-state index contributed by atoms with van der Waals surface area (Å²) in [4.78, 5) is 12.5. The summed E-state index contributed by atoms with van der Waals surface area (Å²) in [7, 11) is 2.23. The number of ether oxygens (including phenoxy) is 1. The van der Waals surface area contributed by atoms with Crippen molar-refractivity contribution < 1.29 is 4.74 Å². The lowest BCUT2D eigenvalue weighted by Crippen LogP contribution is -2.52. The van der Waals surface area contributed by atoms with Gasteiger partial charge in [0, 0.05) is 63.9 Å².